The highest BCUT2D eigenvalue weighted by atomic mass is 16.3. The Labute approximate surface area is 128 Å². The molecule has 0 amide bonds. The summed E-state index contributed by atoms with van der Waals surface area (Å²) in [7, 11) is 0. The van der Waals surface area contributed by atoms with E-state index in [0.717, 1.165) is 27.9 Å². The van der Waals surface area contributed by atoms with Gasteiger partial charge in [-0.3, -0.25) is 5.41 Å². The zero-order chi connectivity index (χ0) is 15.4. The third kappa shape index (κ3) is 3.15. The van der Waals surface area contributed by atoms with Crippen molar-refractivity contribution in [1.82, 2.24) is 0 Å². The van der Waals surface area contributed by atoms with Crippen molar-refractivity contribution in [2.45, 2.75) is 0 Å². The predicted octanol–water partition coefficient (Wildman–Crippen LogP) is 4.44. The van der Waals surface area contributed by atoms with Gasteiger partial charge in [-0.25, -0.2) is 0 Å². The fourth-order valence-electron chi connectivity index (χ4n) is 2.18. The van der Waals surface area contributed by atoms with Gasteiger partial charge in [-0.1, -0.05) is 60.7 Å². The molecule has 0 spiro atoms. The predicted molar refractivity (Wildman–Crippen MR) is 91.7 cm³/mol. The van der Waals surface area contributed by atoms with Crippen LogP contribution in [-0.4, -0.2) is 5.84 Å². The van der Waals surface area contributed by atoms with Gasteiger partial charge < -0.3 is 10.2 Å². The van der Waals surface area contributed by atoms with E-state index in [-0.39, 0.29) is 5.84 Å². The number of benzene rings is 2. The molecule has 0 aliphatic carbocycles. The van der Waals surface area contributed by atoms with Gasteiger partial charge in [0.1, 0.15) is 17.2 Å². The average Bonchev–Trinajstić information content (AvgIpc) is 2.95. The highest BCUT2D eigenvalue weighted by molar-refractivity contribution is 5.95. The highest BCUT2D eigenvalue weighted by Crippen LogP contribution is 2.19. The molecule has 0 unspecified atom stereocenters. The summed E-state index contributed by atoms with van der Waals surface area (Å²) in [5.41, 5.74) is 8.11. The topological polar surface area (TPSA) is 63.0 Å². The third-order valence-corrected chi connectivity index (χ3v) is 3.33. The lowest BCUT2D eigenvalue weighted by Crippen LogP contribution is -2.10. The quantitative estimate of drug-likeness (QED) is 0.423. The smallest absolute Gasteiger partial charge is 0.134 e. The normalized spacial score (nSPS) is 11.6. The van der Waals surface area contributed by atoms with Crippen LogP contribution in [0.25, 0.3) is 23.1 Å². The van der Waals surface area contributed by atoms with Gasteiger partial charge in [0.25, 0.3) is 0 Å². The second-order valence-corrected chi connectivity index (χ2v) is 4.94. The summed E-state index contributed by atoms with van der Waals surface area (Å²) in [5.74, 6) is 0.915. The number of nitrogens with two attached hydrogens (primary N) is 1. The second-order valence-electron chi connectivity index (χ2n) is 4.94. The van der Waals surface area contributed by atoms with E-state index >= 15 is 0 Å². The Morgan fingerprint density at radius 3 is 2.41 bits per heavy atom. The minimum absolute atomic E-state index is 0.0836. The number of para-hydroxylation sites is 1. The molecule has 0 fully saturated rings. The Hall–Kier alpha value is -3.07. The monoisotopic (exact) mass is 288 g/mol. The first kappa shape index (κ1) is 13.9. The zero-order valence-corrected chi connectivity index (χ0v) is 12.0. The lowest BCUT2D eigenvalue weighted by molar-refractivity contribution is 0.604. The molecular formula is C19H16N2O. The van der Waals surface area contributed by atoms with Crippen molar-refractivity contribution in [3.05, 3.63) is 83.6 Å². The van der Waals surface area contributed by atoms with E-state index < -0.39 is 0 Å². The van der Waals surface area contributed by atoms with E-state index in [0.29, 0.717) is 0 Å². The molecule has 3 heteroatoms. The minimum Gasteiger partial charge on any atom is -0.457 e. The number of allylic oxidation sites excluding steroid dienone is 2. The summed E-state index contributed by atoms with van der Waals surface area (Å²) in [5, 5.41) is 8.46. The molecule has 0 saturated carbocycles. The fraction of sp³-hybridized carbons (Fsp3) is 0. The largest absolute Gasteiger partial charge is 0.457 e. The van der Waals surface area contributed by atoms with Crippen LogP contribution < -0.4 is 5.73 Å². The molecule has 2 aromatic carbocycles. The molecule has 3 rings (SSSR count). The van der Waals surface area contributed by atoms with Crippen molar-refractivity contribution in [2.24, 2.45) is 5.73 Å². The Bertz CT molecular complexity index is 822. The van der Waals surface area contributed by atoms with E-state index in [4.69, 9.17) is 15.6 Å². The van der Waals surface area contributed by atoms with Crippen LogP contribution in [-0.2, 0) is 0 Å². The van der Waals surface area contributed by atoms with E-state index in [1.165, 1.54) is 0 Å². The summed E-state index contributed by atoms with van der Waals surface area (Å²) in [4.78, 5) is 0. The molecule has 0 bridgehead atoms. The number of amidine groups is 1. The Kier molecular flexibility index (Phi) is 3.88. The summed E-state index contributed by atoms with van der Waals surface area (Å²) in [6.45, 7) is 0. The van der Waals surface area contributed by atoms with E-state index in [2.05, 4.69) is 0 Å². The average molecular weight is 288 g/mol. The van der Waals surface area contributed by atoms with Crippen LogP contribution >= 0.6 is 0 Å². The molecule has 1 aromatic heterocycles. The van der Waals surface area contributed by atoms with Crippen LogP contribution in [0, 0.1) is 5.41 Å². The van der Waals surface area contributed by atoms with Crippen LogP contribution in [0.5, 0.6) is 0 Å². The van der Waals surface area contributed by atoms with E-state index in [1.54, 1.807) is 0 Å². The molecule has 0 saturated heterocycles. The summed E-state index contributed by atoms with van der Waals surface area (Å²) in [6.07, 6.45) is 7.82. The van der Waals surface area contributed by atoms with Gasteiger partial charge in [0.2, 0.25) is 0 Å². The maximum Gasteiger partial charge on any atom is 0.134 e. The molecule has 1 heterocycles. The van der Waals surface area contributed by atoms with Crippen LogP contribution in [0.15, 0.2) is 71.2 Å². The lowest BCUT2D eigenvalue weighted by Gasteiger charge is -1.97. The highest BCUT2D eigenvalue weighted by Gasteiger charge is 1.98. The number of rotatable bonds is 4. The van der Waals surface area contributed by atoms with Crippen LogP contribution in [0.4, 0.5) is 0 Å². The van der Waals surface area contributed by atoms with Crippen molar-refractivity contribution in [2.75, 3.05) is 0 Å². The summed E-state index contributed by atoms with van der Waals surface area (Å²) in [6, 6.07) is 17.5. The van der Waals surface area contributed by atoms with Crippen molar-refractivity contribution in [1.29, 1.82) is 5.41 Å². The number of hydrogen-bond acceptors (Lipinski definition) is 2. The maximum absolute atomic E-state index is 7.35. The molecule has 22 heavy (non-hydrogen) atoms. The zero-order valence-electron chi connectivity index (χ0n) is 12.0. The van der Waals surface area contributed by atoms with Crippen molar-refractivity contribution in [3.8, 4) is 0 Å². The molecule has 108 valence electrons. The number of hydrogen-bond donors (Lipinski definition) is 2. The third-order valence-electron chi connectivity index (χ3n) is 3.33. The SMILES string of the molecule is N=C(N)c1ccc(C=CC=Cc2cc3ccccc3o2)cc1. The molecule has 0 aliphatic heterocycles. The number of fused-ring (bicyclic) bond motifs is 1. The molecule has 0 radical (unpaired) electrons. The first-order valence-electron chi connectivity index (χ1n) is 7.00. The van der Waals surface area contributed by atoms with E-state index in [1.807, 2.05) is 78.9 Å². The lowest BCUT2D eigenvalue weighted by atomic mass is 10.1. The maximum atomic E-state index is 7.35. The van der Waals surface area contributed by atoms with Gasteiger partial charge in [-0.2, -0.15) is 0 Å². The van der Waals surface area contributed by atoms with Gasteiger partial charge in [0.05, 0.1) is 0 Å². The first-order chi connectivity index (χ1) is 10.7. The molecule has 0 atom stereocenters. The Morgan fingerprint density at radius 1 is 0.955 bits per heavy atom. The van der Waals surface area contributed by atoms with Gasteiger partial charge in [0.15, 0.2) is 0 Å². The first-order valence-corrected chi connectivity index (χ1v) is 7.00. The van der Waals surface area contributed by atoms with Crippen LogP contribution in [0.2, 0.25) is 0 Å². The molecule has 3 N–H and O–H groups in total. The summed E-state index contributed by atoms with van der Waals surface area (Å²) < 4.78 is 5.70. The van der Waals surface area contributed by atoms with Crippen molar-refractivity contribution >= 4 is 29.0 Å². The summed E-state index contributed by atoms with van der Waals surface area (Å²) >= 11 is 0. The standard InChI is InChI=1S/C19H16N2O/c20-19(21)15-11-9-14(10-12-15)5-1-3-7-17-13-16-6-2-4-8-18(16)22-17/h1-13H,(H3,20,21). The van der Waals surface area contributed by atoms with Crippen molar-refractivity contribution in [3.63, 3.8) is 0 Å². The second kappa shape index (κ2) is 6.14. The number of nitrogens with one attached hydrogen (secondary N) is 1. The fourth-order valence-corrected chi connectivity index (χ4v) is 2.18. The Morgan fingerprint density at radius 2 is 1.68 bits per heavy atom. The van der Waals surface area contributed by atoms with Gasteiger partial charge in [-0.05, 0) is 23.8 Å². The van der Waals surface area contributed by atoms with Gasteiger partial charge >= 0.3 is 0 Å². The molecule has 3 nitrogen and oxygen atoms in total. The van der Waals surface area contributed by atoms with Gasteiger partial charge in [0, 0.05) is 10.9 Å². The van der Waals surface area contributed by atoms with E-state index in [9.17, 15) is 0 Å². The molecular weight excluding hydrogens is 272 g/mol. The molecule has 3 aromatic rings. The van der Waals surface area contributed by atoms with Crippen LogP contribution in [0.1, 0.15) is 16.9 Å². The molecule has 0 aliphatic rings. The van der Waals surface area contributed by atoms with Gasteiger partial charge in [-0.15, -0.1) is 0 Å². The van der Waals surface area contributed by atoms with Crippen LogP contribution in [0.3, 0.4) is 0 Å². The Balaban J connectivity index is 1.69. The minimum atomic E-state index is 0.0836. The number of nitrogen functional groups attached to an aromatic ring is 1. The van der Waals surface area contributed by atoms with Crippen molar-refractivity contribution < 1.29 is 4.42 Å². The number of furan rings is 1.